The molecule has 0 fully saturated rings. The molecule has 2 aromatic carbocycles. The van der Waals surface area contributed by atoms with Crippen LogP contribution >= 0.6 is 0 Å². The third-order valence-corrected chi connectivity index (χ3v) is 5.34. The number of aromatic amines is 1. The topological polar surface area (TPSA) is 85.8 Å². The molecule has 0 unspecified atom stereocenters. The van der Waals surface area contributed by atoms with Gasteiger partial charge >= 0.3 is 0 Å². The lowest BCUT2D eigenvalue weighted by Crippen LogP contribution is -2.26. The number of hydrogen-bond acceptors (Lipinski definition) is 3. The Balaban J connectivity index is 1.71. The molecule has 0 aliphatic rings. The number of benzene rings is 2. The predicted molar refractivity (Wildman–Crippen MR) is 93.1 cm³/mol. The molecule has 1 heterocycles. The van der Waals surface area contributed by atoms with E-state index in [4.69, 9.17) is 5.26 Å². The third kappa shape index (κ3) is 3.32. The minimum absolute atomic E-state index is 0.0178. The molecule has 0 saturated carbocycles. The second kappa shape index (κ2) is 6.48. The SMILES string of the molecule is Cc1cc2cc(CCNS(=O)(=O)c3ccccc3C#N)ccc2[nH]1. The maximum Gasteiger partial charge on any atom is 0.241 e. The van der Waals surface area contributed by atoms with Gasteiger partial charge in [-0.25, -0.2) is 13.1 Å². The molecule has 0 saturated heterocycles. The second-order valence-corrected chi connectivity index (χ2v) is 7.37. The molecule has 0 spiro atoms. The molecular weight excluding hydrogens is 322 g/mol. The summed E-state index contributed by atoms with van der Waals surface area (Å²) >= 11 is 0. The lowest BCUT2D eigenvalue weighted by molar-refractivity contribution is 0.581. The van der Waals surface area contributed by atoms with Gasteiger partial charge in [0.1, 0.15) is 6.07 Å². The monoisotopic (exact) mass is 339 g/mol. The number of nitriles is 1. The van der Waals surface area contributed by atoms with Crippen LogP contribution < -0.4 is 4.72 Å². The number of aryl methyl sites for hydroxylation is 1. The molecule has 2 N–H and O–H groups in total. The van der Waals surface area contributed by atoms with Crippen LogP contribution in [0.5, 0.6) is 0 Å². The zero-order valence-electron chi connectivity index (χ0n) is 13.2. The van der Waals surface area contributed by atoms with E-state index in [-0.39, 0.29) is 17.0 Å². The van der Waals surface area contributed by atoms with Gasteiger partial charge in [-0.3, -0.25) is 0 Å². The van der Waals surface area contributed by atoms with Gasteiger partial charge in [0.2, 0.25) is 10.0 Å². The summed E-state index contributed by atoms with van der Waals surface area (Å²) in [4.78, 5) is 3.28. The van der Waals surface area contributed by atoms with Crippen LogP contribution in [0.4, 0.5) is 0 Å². The van der Waals surface area contributed by atoms with Crippen LogP contribution in [0.3, 0.4) is 0 Å². The van der Waals surface area contributed by atoms with Gasteiger partial charge in [-0.15, -0.1) is 0 Å². The number of fused-ring (bicyclic) bond motifs is 1. The number of nitrogens with one attached hydrogen (secondary N) is 2. The normalized spacial score (nSPS) is 11.5. The average molecular weight is 339 g/mol. The van der Waals surface area contributed by atoms with Crippen molar-refractivity contribution in [1.82, 2.24) is 9.71 Å². The molecule has 0 amide bonds. The number of H-pyrrole nitrogens is 1. The summed E-state index contributed by atoms with van der Waals surface area (Å²) in [6.07, 6.45) is 0.577. The van der Waals surface area contributed by atoms with E-state index in [1.54, 1.807) is 12.1 Å². The van der Waals surface area contributed by atoms with Crippen molar-refractivity contribution in [3.8, 4) is 6.07 Å². The van der Waals surface area contributed by atoms with Crippen molar-refractivity contribution in [3.63, 3.8) is 0 Å². The first kappa shape index (κ1) is 16.2. The fraction of sp³-hybridized carbons (Fsp3) is 0.167. The van der Waals surface area contributed by atoms with Crippen molar-refractivity contribution in [2.75, 3.05) is 6.54 Å². The number of rotatable bonds is 5. The number of nitrogens with zero attached hydrogens (tertiary/aromatic N) is 1. The Hall–Kier alpha value is -2.62. The molecule has 0 aliphatic carbocycles. The van der Waals surface area contributed by atoms with E-state index in [1.807, 2.05) is 25.1 Å². The van der Waals surface area contributed by atoms with Crippen LogP contribution in [-0.2, 0) is 16.4 Å². The van der Waals surface area contributed by atoms with Gasteiger partial charge in [-0.05, 0) is 54.6 Å². The molecule has 0 radical (unpaired) electrons. The first-order valence-corrected chi connectivity index (χ1v) is 9.05. The molecule has 122 valence electrons. The molecule has 24 heavy (non-hydrogen) atoms. The number of aromatic nitrogens is 1. The maximum atomic E-state index is 12.4. The smallest absolute Gasteiger partial charge is 0.241 e. The third-order valence-electron chi connectivity index (χ3n) is 3.82. The van der Waals surface area contributed by atoms with E-state index in [0.29, 0.717) is 6.42 Å². The zero-order chi connectivity index (χ0) is 17.2. The molecule has 0 bridgehead atoms. The molecule has 3 rings (SSSR count). The van der Waals surface area contributed by atoms with Gasteiger partial charge in [-0.1, -0.05) is 18.2 Å². The molecular formula is C18H17N3O2S. The quantitative estimate of drug-likeness (QED) is 0.749. The Bertz CT molecular complexity index is 1030. The highest BCUT2D eigenvalue weighted by molar-refractivity contribution is 7.89. The van der Waals surface area contributed by atoms with Crippen LogP contribution in [0.15, 0.2) is 53.4 Å². The summed E-state index contributed by atoms with van der Waals surface area (Å²) in [6, 6.07) is 16.2. The minimum Gasteiger partial charge on any atom is -0.359 e. The number of hydrogen-bond donors (Lipinski definition) is 2. The van der Waals surface area contributed by atoms with Gasteiger partial charge in [0.05, 0.1) is 10.5 Å². The summed E-state index contributed by atoms with van der Waals surface area (Å²) in [7, 11) is -3.69. The van der Waals surface area contributed by atoms with Crippen molar-refractivity contribution in [3.05, 3.63) is 65.4 Å². The number of sulfonamides is 1. The van der Waals surface area contributed by atoms with Crippen LogP contribution in [0.25, 0.3) is 10.9 Å². The van der Waals surface area contributed by atoms with Gasteiger partial charge in [0.25, 0.3) is 0 Å². The van der Waals surface area contributed by atoms with E-state index in [9.17, 15) is 8.42 Å². The van der Waals surface area contributed by atoms with Crippen LogP contribution in [0.1, 0.15) is 16.8 Å². The first-order valence-electron chi connectivity index (χ1n) is 7.57. The lowest BCUT2D eigenvalue weighted by Gasteiger charge is -2.08. The fourth-order valence-electron chi connectivity index (χ4n) is 2.68. The maximum absolute atomic E-state index is 12.4. The Kier molecular flexibility index (Phi) is 4.38. The van der Waals surface area contributed by atoms with Gasteiger partial charge < -0.3 is 4.98 Å². The van der Waals surface area contributed by atoms with E-state index in [2.05, 4.69) is 21.8 Å². The van der Waals surface area contributed by atoms with Gasteiger partial charge in [-0.2, -0.15) is 5.26 Å². The highest BCUT2D eigenvalue weighted by atomic mass is 32.2. The Morgan fingerprint density at radius 1 is 1.17 bits per heavy atom. The second-order valence-electron chi connectivity index (χ2n) is 5.63. The van der Waals surface area contributed by atoms with Gasteiger partial charge in [0, 0.05) is 17.8 Å². The molecule has 0 atom stereocenters. The van der Waals surface area contributed by atoms with E-state index in [1.165, 1.54) is 12.1 Å². The lowest BCUT2D eigenvalue weighted by atomic mass is 10.1. The van der Waals surface area contributed by atoms with Gasteiger partial charge in [0.15, 0.2) is 0 Å². The fourth-order valence-corrected chi connectivity index (χ4v) is 3.87. The highest BCUT2D eigenvalue weighted by Crippen LogP contribution is 2.18. The molecule has 6 heteroatoms. The van der Waals surface area contributed by atoms with Crippen molar-refractivity contribution in [2.45, 2.75) is 18.2 Å². The summed E-state index contributed by atoms with van der Waals surface area (Å²) in [5, 5.41) is 10.2. The van der Waals surface area contributed by atoms with Crippen molar-refractivity contribution < 1.29 is 8.42 Å². The summed E-state index contributed by atoms with van der Waals surface area (Å²) in [5.41, 5.74) is 3.36. The van der Waals surface area contributed by atoms with Crippen LogP contribution in [-0.4, -0.2) is 19.9 Å². The molecule has 5 nitrogen and oxygen atoms in total. The predicted octanol–water partition coefficient (Wildman–Crippen LogP) is 2.87. The van der Waals surface area contributed by atoms with Crippen molar-refractivity contribution in [2.24, 2.45) is 0 Å². The first-order chi connectivity index (χ1) is 11.5. The van der Waals surface area contributed by atoms with Crippen molar-refractivity contribution >= 4 is 20.9 Å². The molecule has 0 aliphatic heterocycles. The van der Waals surface area contributed by atoms with Crippen LogP contribution in [0.2, 0.25) is 0 Å². The van der Waals surface area contributed by atoms with E-state index < -0.39 is 10.0 Å². The van der Waals surface area contributed by atoms with E-state index in [0.717, 1.165) is 22.2 Å². The Morgan fingerprint density at radius 3 is 2.75 bits per heavy atom. The largest absolute Gasteiger partial charge is 0.359 e. The van der Waals surface area contributed by atoms with Crippen LogP contribution in [0, 0.1) is 18.3 Å². The zero-order valence-corrected chi connectivity index (χ0v) is 14.0. The Labute approximate surface area is 141 Å². The summed E-state index contributed by atoms with van der Waals surface area (Å²) in [5.74, 6) is 0. The highest BCUT2D eigenvalue weighted by Gasteiger charge is 2.17. The minimum atomic E-state index is -3.69. The summed E-state index contributed by atoms with van der Waals surface area (Å²) in [6.45, 7) is 2.28. The average Bonchev–Trinajstić information content (AvgIpc) is 2.94. The molecule has 1 aromatic heterocycles. The van der Waals surface area contributed by atoms with E-state index >= 15 is 0 Å². The Morgan fingerprint density at radius 2 is 1.96 bits per heavy atom. The summed E-state index contributed by atoms with van der Waals surface area (Å²) < 4.78 is 27.3. The van der Waals surface area contributed by atoms with Crippen molar-refractivity contribution in [1.29, 1.82) is 5.26 Å². The standard InChI is InChI=1S/C18H17N3O2S/c1-13-10-16-11-14(6-7-17(16)21-13)8-9-20-24(22,23)18-5-3-2-4-15(18)12-19/h2-7,10-11,20-21H,8-9H2,1H3. The molecule has 3 aromatic rings.